The summed E-state index contributed by atoms with van der Waals surface area (Å²) in [5, 5.41) is 0.943. The molecule has 0 bridgehead atoms. The van der Waals surface area contributed by atoms with E-state index in [1.54, 1.807) is 18.2 Å². The standard InChI is InChI=1S/C17H17Cl2NO2/c1-17(2,13-6-4-3-5-7-13)16(21)20-22-11-12-8-9-14(18)15(19)10-12/h3-10H,11H2,1-2H3,(H,20,21). The molecule has 5 heteroatoms. The lowest BCUT2D eigenvalue weighted by Crippen LogP contribution is -2.39. The second-order valence-electron chi connectivity index (χ2n) is 5.46. The molecule has 0 unspecified atom stereocenters. The Morgan fingerprint density at radius 2 is 1.77 bits per heavy atom. The lowest BCUT2D eigenvalue weighted by molar-refractivity contribution is -0.139. The van der Waals surface area contributed by atoms with Crippen LogP contribution < -0.4 is 5.48 Å². The molecule has 0 aliphatic heterocycles. The third-order valence-corrected chi connectivity index (χ3v) is 4.19. The molecule has 22 heavy (non-hydrogen) atoms. The summed E-state index contributed by atoms with van der Waals surface area (Å²) in [5.74, 6) is -0.209. The molecule has 1 N–H and O–H groups in total. The molecule has 0 saturated heterocycles. The summed E-state index contributed by atoms with van der Waals surface area (Å²) < 4.78 is 0. The molecule has 2 aromatic carbocycles. The Labute approximate surface area is 140 Å². The van der Waals surface area contributed by atoms with Crippen LogP contribution in [0.5, 0.6) is 0 Å². The summed E-state index contributed by atoms with van der Waals surface area (Å²) >= 11 is 11.8. The van der Waals surface area contributed by atoms with Gasteiger partial charge in [-0.1, -0.05) is 59.6 Å². The van der Waals surface area contributed by atoms with E-state index in [-0.39, 0.29) is 12.5 Å². The van der Waals surface area contributed by atoms with Crippen molar-refractivity contribution in [2.24, 2.45) is 0 Å². The molecule has 0 atom stereocenters. The van der Waals surface area contributed by atoms with Crippen LogP contribution in [0.15, 0.2) is 48.5 Å². The van der Waals surface area contributed by atoms with Crippen molar-refractivity contribution in [1.29, 1.82) is 0 Å². The quantitative estimate of drug-likeness (QED) is 0.814. The number of halogens is 2. The van der Waals surface area contributed by atoms with Gasteiger partial charge in [0, 0.05) is 0 Å². The van der Waals surface area contributed by atoms with Crippen LogP contribution in [0.25, 0.3) is 0 Å². The first-order chi connectivity index (χ1) is 10.4. The van der Waals surface area contributed by atoms with Gasteiger partial charge in [0.15, 0.2) is 0 Å². The summed E-state index contributed by atoms with van der Waals surface area (Å²) in [7, 11) is 0. The minimum atomic E-state index is -0.682. The molecule has 0 spiro atoms. The second-order valence-corrected chi connectivity index (χ2v) is 6.27. The summed E-state index contributed by atoms with van der Waals surface area (Å²) in [6.07, 6.45) is 0. The highest BCUT2D eigenvalue weighted by Gasteiger charge is 2.29. The van der Waals surface area contributed by atoms with Crippen molar-refractivity contribution in [2.45, 2.75) is 25.9 Å². The van der Waals surface area contributed by atoms with Crippen LogP contribution in [0.4, 0.5) is 0 Å². The predicted octanol–water partition coefficient (Wildman–Crippen LogP) is 4.52. The van der Waals surface area contributed by atoms with Crippen molar-refractivity contribution in [3.8, 4) is 0 Å². The lowest BCUT2D eigenvalue weighted by Gasteiger charge is -2.23. The first-order valence-electron chi connectivity index (χ1n) is 6.83. The van der Waals surface area contributed by atoms with Gasteiger partial charge in [-0.2, -0.15) is 0 Å². The van der Waals surface area contributed by atoms with Crippen molar-refractivity contribution >= 4 is 29.1 Å². The Hall–Kier alpha value is -1.55. The van der Waals surface area contributed by atoms with Gasteiger partial charge in [-0.3, -0.25) is 9.63 Å². The van der Waals surface area contributed by atoms with Crippen molar-refractivity contribution in [1.82, 2.24) is 5.48 Å². The number of hydrogen-bond donors (Lipinski definition) is 1. The minimum Gasteiger partial charge on any atom is -0.272 e. The van der Waals surface area contributed by atoms with Crippen molar-refractivity contribution in [2.75, 3.05) is 0 Å². The van der Waals surface area contributed by atoms with E-state index < -0.39 is 5.41 Å². The van der Waals surface area contributed by atoms with Gasteiger partial charge < -0.3 is 0 Å². The summed E-state index contributed by atoms with van der Waals surface area (Å²) in [6, 6.07) is 14.7. The molecule has 0 radical (unpaired) electrons. The zero-order chi connectivity index (χ0) is 16.2. The number of amides is 1. The van der Waals surface area contributed by atoms with E-state index in [9.17, 15) is 4.79 Å². The third kappa shape index (κ3) is 4.01. The number of hydrogen-bond acceptors (Lipinski definition) is 2. The Bertz CT molecular complexity index is 657. The first kappa shape index (κ1) is 16.8. The second kappa shape index (κ2) is 7.14. The van der Waals surface area contributed by atoms with Crippen LogP contribution in [-0.2, 0) is 21.7 Å². The van der Waals surface area contributed by atoms with Crippen LogP contribution in [0, 0.1) is 0 Å². The highest BCUT2D eigenvalue weighted by molar-refractivity contribution is 6.42. The molecule has 2 rings (SSSR count). The van der Waals surface area contributed by atoms with Gasteiger partial charge in [0.05, 0.1) is 22.1 Å². The maximum Gasteiger partial charge on any atom is 0.253 e. The van der Waals surface area contributed by atoms with Gasteiger partial charge in [0.1, 0.15) is 0 Å². The molecule has 3 nitrogen and oxygen atoms in total. The SMILES string of the molecule is CC(C)(C(=O)NOCc1ccc(Cl)c(Cl)c1)c1ccccc1. The number of benzene rings is 2. The fourth-order valence-electron chi connectivity index (χ4n) is 1.93. The topological polar surface area (TPSA) is 38.3 Å². The van der Waals surface area contributed by atoms with E-state index in [1.807, 2.05) is 44.2 Å². The average Bonchev–Trinajstić information content (AvgIpc) is 2.51. The Morgan fingerprint density at radius 1 is 1.09 bits per heavy atom. The molecule has 2 aromatic rings. The number of carbonyl (C=O) groups excluding carboxylic acids is 1. The summed E-state index contributed by atoms with van der Waals surface area (Å²) in [5.41, 5.74) is 3.56. The molecule has 116 valence electrons. The summed E-state index contributed by atoms with van der Waals surface area (Å²) in [6.45, 7) is 3.91. The average molecular weight is 338 g/mol. The number of nitrogens with one attached hydrogen (secondary N) is 1. The van der Waals surface area contributed by atoms with E-state index in [0.29, 0.717) is 10.0 Å². The van der Waals surface area contributed by atoms with Gasteiger partial charge in [0.2, 0.25) is 0 Å². The van der Waals surface area contributed by atoms with E-state index in [2.05, 4.69) is 5.48 Å². The molecule has 0 aromatic heterocycles. The largest absolute Gasteiger partial charge is 0.272 e. The monoisotopic (exact) mass is 337 g/mol. The molecular weight excluding hydrogens is 321 g/mol. The van der Waals surface area contributed by atoms with E-state index in [4.69, 9.17) is 28.0 Å². The molecule has 0 aliphatic rings. The van der Waals surface area contributed by atoms with Crippen molar-refractivity contribution in [3.05, 3.63) is 69.7 Å². The van der Waals surface area contributed by atoms with Crippen LogP contribution in [0.3, 0.4) is 0 Å². The Balaban J connectivity index is 1.93. The van der Waals surface area contributed by atoms with Crippen LogP contribution in [0.1, 0.15) is 25.0 Å². The van der Waals surface area contributed by atoms with E-state index >= 15 is 0 Å². The van der Waals surface area contributed by atoms with Gasteiger partial charge in [-0.15, -0.1) is 0 Å². The number of carbonyl (C=O) groups is 1. The molecule has 0 saturated carbocycles. The number of hydroxylamine groups is 1. The van der Waals surface area contributed by atoms with Gasteiger partial charge in [-0.05, 0) is 37.1 Å². The highest BCUT2D eigenvalue weighted by Crippen LogP contribution is 2.24. The predicted molar refractivity (Wildman–Crippen MR) is 88.9 cm³/mol. The van der Waals surface area contributed by atoms with Gasteiger partial charge in [0.25, 0.3) is 5.91 Å². The molecule has 0 heterocycles. The maximum absolute atomic E-state index is 12.3. The normalized spacial score (nSPS) is 11.3. The lowest BCUT2D eigenvalue weighted by atomic mass is 9.84. The van der Waals surface area contributed by atoms with Crippen LogP contribution >= 0.6 is 23.2 Å². The third-order valence-electron chi connectivity index (χ3n) is 3.45. The first-order valence-corrected chi connectivity index (χ1v) is 7.58. The molecular formula is C17H17Cl2NO2. The Morgan fingerprint density at radius 3 is 2.41 bits per heavy atom. The Kier molecular flexibility index (Phi) is 5.46. The zero-order valence-electron chi connectivity index (χ0n) is 12.4. The van der Waals surface area contributed by atoms with Gasteiger partial charge >= 0.3 is 0 Å². The number of rotatable bonds is 5. The maximum atomic E-state index is 12.3. The van der Waals surface area contributed by atoms with Crippen molar-refractivity contribution in [3.63, 3.8) is 0 Å². The molecule has 0 aliphatic carbocycles. The molecule has 1 amide bonds. The van der Waals surface area contributed by atoms with Crippen LogP contribution in [-0.4, -0.2) is 5.91 Å². The van der Waals surface area contributed by atoms with Crippen molar-refractivity contribution < 1.29 is 9.63 Å². The van der Waals surface area contributed by atoms with E-state index in [0.717, 1.165) is 11.1 Å². The van der Waals surface area contributed by atoms with Gasteiger partial charge in [-0.25, -0.2) is 5.48 Å². The fourth-order valence-corrected chi connectivity index (χ4v) is 2.25. The summed E-state index contributed by atoms with van der Waals surface area (Å²) in [4.78, 5) is 17.6. The highest BCUT2D eigenvalue weighted by atomic mass is 35.5. The molecule has 0 fully saturated rings. The van der Waals surface area contributed by atoms with Crippen LogP contribution in [0.2, 0.25) is 10.0 Å². The minimum absolute atomic E-state index is 0.209. The smallest absolute Gasteiger partial charge is 0.253 e. The zero-order valence-corrected chi connectivity index (χ0v) is 13.9. The fraction of sp³-hybridized carbons (Fsp3) is 0.235. The van der Waals surface area contributed by atoms with E-state index in [1.165, 1.54) is 0 Å².